The van der Waals surface area contributed by atoms with E-state index in [0.29, 0.717) is 39.4 Å². The van der Waals surface area contributed by atoms with Gasteiger partial charge in [-0.3, -0.25) is 0 Å². The van der Waals surface area contributed by atoms with E-state index in [0.717, 1.165) is 62.9 Å². The van der Waals surface area contributed by atoms with Gasteiger partial charge in [-0.15, -0.1) is 22.7 Å². The van der Waals surface area contributed by atoms with E-state index in [4.69, 9.17) is 9.47 Å². The smallest absolute Gasteiger partial charge is 0.314 e. The predicted octanol–water partition coefficient (Wildman–Crippen LogP) is 10.6. The van der Waals surface area contributed by atoms with E-state index in [1.165, 1.54) is 59.3 Å². The Bertz CT molecular complexity index is 1660. The molecule has 10 heteroatoms. The minimum Gasteiger partial charge on any atom is -0.494 e. The Balaban J connectivity index is 1.15. The molecular weight excluding hydrogens is 701 g/mol. The van der Waals surface area contributed by atoms with Crippen LogP contribution in [0.4, 0.5) is 9.59 Å². The first-order valence-electron chi connectivity index (χ1n) is 19.3. The van der Waals surface area contributed by atoms with E-state index in [2.05, 4.69) is 85.4 Å². The molecule has 2 aromatic heterocycles. The average molecular weight is 757 g/mol. The second-order valence-electron chi connectivity index (χ2n) is 13.5. The summed E-state index contributed by atoms with van der Waals surface area (Å²) in [5, 5.41) is 11.5. The number of hydrogen-bond acceptors (Lipinski definition) is 6. The van der Waals surface area contributed by atoms with Crippen molar-refractivity contribution < 1.29 is 19.1 Å². The number of amides is 4. The van der Waals surface area contributed by atoms with Crippen molar-refractivity contribution in [3.05, 3.63) is 81.5 Å². The van der Waals surface area contributed by atoms with Gasteiger partial charge >= 0.3 is 12.1 Å². The summed E-state index contributed by atoms with van der Waals surface area (Å²) in [6, 6.07) is 21.3. The molecule has 1 aliphatic carbocycles. The molecule has 4 amide bonds. The molecule has 0 saturated carbocycles. The predicted molar refractivity (Wildman–Crippen MR) is 222 cm³/mol. The number of allylic oxidation sites excluding steroid dienone is 2. The van der Waals surface area contributed by atoms with Crippen molar-refractivity contribution in [1.82, 2.24) is 21.3 Å². The zero-order chi connectivity index (χ0) is 37.4. The molecule has 0 unspecified atom stereocenters. The maximum atomic E-state index is 11.8. The van der Waals surface area contributed by atoms with Gasteiger partial charge in [-0.25, -0.2) is 9.59 Å². The summed E-state index contributed by atoms with van der Waals surface area (Å²) in [5.41, 5.74) is 8.13. The third kappa shape index (κ3) is 11.9. The Morgan fingerprint density at radius 2 is 0.962 bits per heavy atom. The number of hydrogen-bond donors (Lipinski definition) is 4. The number of thiophene rings is 2. The van der Waals surface area contributed by atoms with Crippen LogP contribution in [0.2, 0.25) is 0 Å². The van der Waals surface area contributed by atoms with Crippen molar-refractivity contribution in [2.75, 3.05) is 39.4 Å². The number of nitrogens with one attached hydrogen (secondary N) is 4. The van der Waals surface area contributed by atoms with Crippen LogP contribution in [0.15, 0.2) is 60.7 Å². The lowest BCUT2D eigenvalue weighted by Crippen LogP contribution is -2.36. The lowest BCUT2D eigenvalue weighted by atomic mass is 9.96. The lowest BCUT2D eigenvalue weighted by molar-refractivity contribution is 0.238. The molecule has 0 spiro atoms. The van der Waals surface area contributed by atoms with E-state index >= 15 is 0 Å². The molecule has 2 aromatic carbocycles. The molecule has 0 aliphatic heterocycles. The molecule has 5 rings (SSSR count). The number of carbonyl (C=O) groups excluding carboxylic acids is 2. The van der Waals surface area contributed by atoms with Gasteiger partial charge in [0, 0.05) is 45.7 Å². The average Bonchev–Trinajstić information content (AvgIpc) is 3.90. The van der Waals surface area contributed by atoms with Crippen LogP contribution in [0, 0.1) is 13.8 Å². The summed E-state index contributed by atoms with van der Waals surface area (Å²) >= 11 is 3.72. The molecule has 2 heterocycles. The molecule has 4 N–H and O–H groups in total. The fourth-order valence-electron chi connectivity index (χ4n) is 6.43. The molecule has 284 valence electrons. The van der Waals surface area contributed by atoms with Gasteiger partial charge in [0.1, 0.15) is 11.5 Å². The van der Waals surface area contributed by atoms with Crippen LogP contribution in [-0.4, -0.2) is 51.5 Å². The largest absolute Gasteiger partial charge is 0.494 e. The minimum atomic E-state index is -0.111. The van der Waals surface area contributed by atoms with Gasteiger partial charge in [0.15, 0.2) is 0 Å². The van der Waals surface area contributed by atoms with Crippen molar-refractivity contribution in [1.29, 1.82) is 0 Å². The van der Waals surface area contributed by atoms with Gasteiger partial charge in [0.05, 0.1) is 13.2 Å². The molecule has 4 aromatic rings. The summed E-state index contributed by atoms with van der Waals surface area (Å²) < 4.78 is 11.9. The fourth-order valence-corrected chi connectivity index (χ4v) is 8.53. The van der Waals surface area contributed by atoms with E-state index in [-0.39, 0.29) is 12.1 Å². The van der Waals surface area contributed by atoms with Crippen molar-refractivity contribution >= 4 is 45.9 Å². The summed E-state index contributed by atoms with van der Waals surface area (Å²) in [4.78, 5) is 28.9. The van der Waals surface area contributed by atoms with E-state index in [9.17, 15) is 9.59 Å². The van der Waals surface area contributed by atoms with Crippen molar-refractivity contribution in [3.63, 3.8) is 0 Å². The number of ether oxygens (including phenoxy) is 2. The monoisotopic (exact) mass is 756 g/mol. The van der Waals surface area contributed by atoms with Crippen LogP contribution in [0.5, 0.6) is 11.5 Å². The summed E-state index contributed by atoms with van der Waals surface area (Å²) in [6.45, 7) is 12.4. The van der Waals surface area contributed by atoms with Gasteiger partial charge < -0.3 is 30.7 Å². The Hall–Kier alpha value is -4.28. The Morgan fingerprint density at radius 1 is 0.585 bits per heavy atom. The van der Waals surface area contributed by atoms with Gasteiger partial charge in [0.25, 0.3) is 0 Å². The first-order chi connectivity index (χ1) is 25.9. The molecular formula is C43H56N4O4S2. The highest BCUT2D eigenvalue weighted by Gasteiger charge is 2.23. The van der Waals surface area contributed by atoms with Crippen molar-refractivity contribution in [2.45, 2.75) is 85.5 Å². The van der Waals surface area contributed by atoms with E-state index < -0.39 is 0 Å². The molecule has 53 heavy (non-hydrogen) atoms. The second kappa shape index (κ2) is 20.8. The van der Waals surface area contributed by atoms with Crippen molar-refractivity contribution in [2.24, 2.45) is 0 Å². The number of urea groups is 2. The van der Waals surface area contributed by atoms with Crippen LogP contribution >= 0.6 is 22.7 Å². The molecule has 0 saturated heterocycles. The van der Waals surface area contributed by atoms with Gasteiger partial charge in [-0.2, -0.15) is 0 Å². The number of aryl methyl sites for hydroxylation is 2. The molecule has 0 fully saturated rings. The number of benzene rings is 2. The highest BCUT2D eigenvalue weighted by molar-refractivity contribution is 7.16. The number of carbonyl (C=O) groups is 2. The summed E-state index contributed by atoms with van der Waals surface area (Å²) in [6.07, 6.45) is 9.00. The van der Waals surface area contributed by atoms with E-state index in [1.807, 2.05) is 46.9 Å². The van der Waals surface area contributed by atoms with Crippen LogP contribution < -0.4 is 30.7 Å². The second-order valence-corrected chi connectivity index (χ2v) is 16.0. The maximum Gasteiger partial charge on any atom is 0.314 e. The van der Waals surface area contributed by atoms with E-state index in [1.54, 1.807) is 0 Å². The standard InChI is InChI=1S/C43H56N4O4S2/c1-5-7-22-44-42(48)46-24-10-26-50-34-18-14-32(15-19-34)40-28-38(30(3)52-40)36-12-9-13-37(36)39-29-41(53-31(39)4)33-16-20-35(21-17-33)51-27-11-25-47-43(49)45-23-8-6-2/h14-21,28-29H,5-13,22-27H2,1-4H3,(H2,44,46,48)(H2,45,47,49). The SMILES string of the molecule is CCCCNC(=O)NCCCOc1ccc(-c2cc(C3=C(c4cc(-c5ccc(OCCCNC(=O)NCCCC)cc5)sc4C)CCC3)c(C)s2)cc1. The first-order valence-corrected chi connectivity index (χ1v) is 20.9. The summed E-state index contributed by atoms with van der Waals surface area (Å²) in [7, 11) is 0. The third-order valence-electron chi connectivity index (χ3n) is 9.36. The summed E-state index contributed by atoms with van der Waals surface area (Å²) in [5.74, 6) is 1.68. The van der Waals surface area contributed by atoms with Crippen molar-refractivity contribution in [3.8, 4) is 32.4 Å². The minimum absolute atomic E-state index is 0.111. The zero-order valence-electron chi connectivity index (χ0n) is 31.8. The van der Waals surface area contributed by atoms with Crippen LogP contribution in [0.1, 0.15) is 92.5 Å². The first kappa shape index (κ1) is 39.9. The number of unbranched alkanes of at least 4 members (excludes halogenated alkanes) is 2. The van der Waals surface area contributed by atoms with Crippen LogP contribution in [0.25, 0.3) is 32.0 Å². The number of rotatable bonds is 20. The van der Waals surface area contributed by atoms with Gasteiger partial charge in [-0.05, 0) is 153 Å². The highest BCUT2D eigenvalue weighted by Crippen LogP contribution is 2.47. The topological polar surface area (TPSA) is 101 Å². The molecule has 0 radical (unpaired) electrons. The van der Waals surface area contributed by atoms with Crippen LogP contribution in [-0.2, 0) is 0 Å². The lowest BCUT2D eigenvalue weighted by Gasteiger charge is -2.09. The normalized spacial score (nSPS) is 12.5. The Morgan fingerprint density at radius 3 is 1.34 bits per heavy atom. The maximum absolute atomic E-state index is 11.8. The molecule has 1 aliphatic rings. The Labute approximate surface area is 323 Å². The van der Waals surface area contributed by atoms with Gasteiger partial charge in [0.2, 0.25) is 0 Å². The van der Waals surface area contributed by atoms with Gasteiger partial charge in [-0.1, -0.05) is 26.7 Å². The quantitative estimate of drug-likeness (QED) is 0.0675. The Kier molecular flexibility index (Phi) is 15.7. The molecule has 0 bridgehead atoms. The van der Waals surface area contributed by atoms with Crippen LogP contribution in [0.3, 0.4) is 0 Å². The third-order valence-corrected chi connectivity index (χ3v) is 11.6. The molecule has 8 nitrogen and oxygen atoms in total. The zero-order valence-corrected chi connectivity index (χ0v) is 33.5. The molecule has 0 atom stereocenters. The fraction of sp³-hybridized carbons (Fsp3) is 0.442. The highest BCUT2D eigenvalue weighted by atomic mass is 32.1.